The third kappa shape index (κ3) is 7.08. The Bertz CT molecular complexity index is 820. The molecule has 0 N–H and O–H groups in total. The van der Waals surface area contributed by atoms with Gasteiger partial charge in [-0.3, -0.25) is 0 Å². The first-order valence-corrected chi connectivity index (χ1v) is 9.46. The number of carbonyl (C=O) groups excluding carboxylic acids is 1. The van der Waals surface area contributed by atoms with Gasteiger partial charge in [0, 0.05) is 40.4 Å². The molecule has 0 aliphatic carbocycles. The fourth-order valence-electron chi connectivity index (χ4n) is 2.25. The van der Waals surface area contributed by atoms with Gasteiger partial charge in [0.15, 0.2) is 0 Å². The molecule has 0 spiro atoms. The molecule has 0 heterocycles. The molecule has 0 bridgehead atoms. The van der Waals surface area contributed by atoms with E-state index in [1.807, 2.05) is 0 Å². The summed E-state index contributed by atoms with van der Waals surface area (Å²) < 4.78 is 21.5. The second-order valence-corrected chi connectivity index (χ2v) is 6.49. The van der Waals surface area contributed by atoms with E-state index in [2.05, 4.69) is 0 Å². The van der Waals surface area contributed by atoms with Crippen molar-refractivity contribution in [1.82, 2.24) is 0 Å². The van der Waals surface area contributed by atoms with Gasteiger partial charge >= 0.3 is 5.97 Å². The number of ether oxygens (including phenoxy) is 4. The summed E-state index contributed by atoms with van der Waals surface area (Å²) in [7, 11) is 1.61. The van der Waals surface area contributed by atoms with Crippen molar-refractivity contribution in [3.63, 3.8) is 0 Å². The number of benzene rings is 2. The average molecular weight is 425 g/mol. The van der Waals surface area contributed by atoms with E-state index >= 15 is 0 Å². The zero-order valence-electron chi connectivity index (χ0n) is 15.7. The van der Waals surface area contributed by atoms with E-state index in [9.17, 15) is 4.79 Å². The SMILES string of the molecule is CCOC(=O)C=Cc1ccc(OCCOC)cc1OCc1ccc(Cl)cc1Cl. The highest BCUT2D eigenvalue weighted by molar-refractivity contribution is 6.35. The Hall–Kier alpha value is -2.21. The third-order valence-electron chi connectivity index (χ3n) is 3.63. The summed E-state index contributed by atoms with van der Waals surface area (Å²) >= 11 is 12.1. The zero-order chi connectivity index (χ0) is 20.4. The maximum atomic E-state index is 11.6. The molecule has 5 nitrogen and oxygen atoms in total. The predicted molar refractivity (Wildman–Crippen MR) is 110 cm³/mol. The topological polar surface area (TPSA) is 54.0 Å². The number of esters is 1. The first kappa shape index (κ1) is 22.1. The van der Waals surface area contributed by atoms with Gasteiger partial charge in [0.05, 0.1) is 13.2 Å². The van der Waals surface area contributed by atoms with E-state index in [1.54, 1.807) is 56.5 Å². The standard InChI is InChI=1S/C21H22Cl2O5/c1-3-26-21(24)9-6-15-5-8-18(27-11-10-25-2)13-20(15)28-14-16-4-7-17(22)12-19(16)23/h4-9,12-13H,3,10-11,14H2,1-2H3. The minimum atomic E-state index is -0.422. The van der Waals surface area contributed by atoms with E-state index in [4.69, 9.17) is 42.1 Å². The summed E-state index contributed by atoms with van der Waals surface area (Å²) in [5, 5.41) is 1.07. The molecule has 0 unspecified atom stereocenters. The molecular formula is C21H22Cl2O5. The number of halogens is 2. The molecule has 0 aromatic heterocycles. The summed E-state index contributed by atoms with van der Waals surface area (Å²) in [5.41, 5.74) is 1.49. The maximum absolute atomic E-state index is 11.6. The lowest BCUT2D eigenvalue weighted by molar-refractivity contribution is -0.137. The largest absolute Gasteiger partial charge is 0.491 e. The minimum absolute atomic E-state index is 0.234. The van der Waals surface area contributed by atoms with Crippen LogP contribution in [0, 0.1) is 0 Å². The van der Waals surface area contributed by atoms with Gasteiger partial charge in [-0.2, -0.15) is 0 Å². The van der Waals surface area contributed by atoms with Gasteiger partial charge in [-0.25, -0.2) is 4.79 Å². The third-order valence-corrected chi connectivity index (χ3v) is 4.21. The van der Waals surface area contributed by atoms with Crippen molar-refractivity contribution in [3.8, 4) is 11.5 Å². The van der Waals surface area contributed by atoms with Crippen LogP contribution in [0.25, 0.3) is 6.08 Å². The normalized spacial score (nSPS) is 10.9. The summed E-state index contributed by atoms with van der Waals surface area (Å²) in [4.78, 5) is 11.6. The van der Waals surface area contributed by atoms with Crippen LogP contribution in [-0.4, -0.2) is 32.9 Å². The van der Waals surface area contributed by atoms with Gasteiger partial charge in [-0.05, 0) is 37.3 Å². The molecule has 2 rings (SSSR count). The molecule has 0 amide bonds. The lowest BCUT2D eigenvalue weighted by Gasteiger charge is -2.13. The second kappa shape index (κ2) is 11.6. The fourth-order valence-corrected chi connectivity index (χ4v) is 2.72. The number of hydrogen-bond acceptors (Lipinski definition) is 5. The highest BCUT2D eigenvalue weighted by Gasteiger charge is 2.08. The molecule has 150 valence electrons. The van der Waals surface area contributed by atoms with Crippen LogP contribution >= 0.6 is 23.2 Å². The number of rotatable bonds is 10. The van der Waals surface area contributed by atoms with Crippen LogP contribution < -0.4 is 9.47 Å². The van der Waals surface area contributed by atoms with Crippen LogP contribution in [0.5, 0.6) is 11.5 Å². The molecule has 0 aliphatic heterocycles. The van der Waals surface area contributed by atoms with Gasteiger partial charge in [0.25, 0.3) is 0 Å². The lowest BCUT2D eigenvalue weighted by atomic mass is 10.1. The second-order valence-electron chi connectivity index (χ2n) is 5.65. The van der Waals surface area contributed by atoms with Crippen molar-refractivity contribution in [1.29, 1.82) is 0 Å². The molecule has 0 saturated carbocycles. The Morgan fingerprint density at radius 3 is 2.61 bits per heavy atom. The molecule has 2 aromatic rings. The smallest absolute Gasteiger partial charge is 0.330 e. The maximum Gasteiger partial charge on any atom is 0.330 e. The van der Waals surface area contributed by atoms with Gasteiger partial charge in [-0.1, -0.05) is 29.3 Å². The van der Waals surface area contributed by atoms with Crippen LogP contribution in [0.15, 0.2) is 42.5 Å². The number of hydrogen-bond donors (Lipinski definition) is 0. The quantitative estimate of drug-likeness (QED) is 0.299. The molecule has 0 fully saturated rings. The first-order chi connectivity index (χ1) is 13.5. The van der Waals surface area contributed by atoms with Crippen molar-refractivity contribution in [3.05, 3.63) is 63.6 Å². The highest BCUT2D eigenvalue weighted by Crippen LogP contribution is 2.29. The van der Waals surface area contributed by atoms with Crippen molar-refractivity contribution in [2.45, 2.75) is 13.5 Å². The van der Waals surface area contributed by atoms with Gasteiger partial charge < -0.3 is 18.9 Å². The molecule has 2 aromatic carbocycles. The summed E-state index contributed by atoms with van der Waals surface area (Å²) in [6, 6.07) is 10.6. The predicted octanol–water partition coefficient (Wildman–Crippen LogP) is 5.17. The average Bonchev–Trinajstić information content (AvgIpc) is 2.67. The Balaban J connectivity index is 2.20. The Morgan fingerprint density at radius 1 is 1.07 bits per heavy atom. The Morgan fingerprint density at radius 2 is 1.89 bits per heavy atom. The van der Waals surface area contributed by atoms with Crippen molar-refractivity contribution in [2.24, 2.45) is 0 Å². The highest BCUT2D eigenvalue weighted by atomic mass is 35.5. The fraction of sp³-hybridized carbons (Fsp3) is 0.286. The summed E-state index contributed by atoms with van der Waals surface area (Å²) in [6.07, 6.45) is 2.99. The van der Waals surface area contributed by atoms with E-state index in [0.29, 0.717) is 46.9 Å². The van der Waals surface area contributed by atoms with Crippen LogP contribution in [0.1, 0.15) is 18.1 Å². The van der Waals surface area contributed by atoms with Crippen LogP contribution in [0.2, 0.25) is 10.0 Å². The lowest BCUT2D eigenvalue weighted by Crippen LogP contribution is -2.05. The first-order valence-electron chi connectivity index (χ1n) is 8.70. The minimum Gasteiger partial charge on any atom is -0.491 e. The van der Waals surface area contributed by atoms with Gasteiger partial charge in [0.2, 0.25) is 0 Å². The number of methoxy groups -OCH3 is 1. The zero-order valence-corrected chi connectivity index (χ0v) is 17.3. The van der Waals surface area contributed by atoms with Gasteiger partial charge in [-0.15, -0.1) is 0 Å². The van der Waals surface area contributed by atoms with E-state index in [1.165, 1.54) is 6.08 Å². The molecule has 0 atom stereocenters. The molecule has 0 radical (unpaired) electrons. The molecule has 28 heavy (non-hydrogen) atoms. The van der Waals surface area contributed by atoms with E-state index < -0.39 is 5.97 Å². The monoisotopic (exact) mass is 424 g/mol. The van der Waals surface area contributed by atoms with Crippen molar-refractivity contribution < 1.29 is 23.7 Å². The van der Waals surface area contributed by atoms with E-state index in [-0.39, 0.29) is 6.61 Å². The number of carbonyl (C=O) groups is 1. The molecular weight excluding hydrogens is 403 g/mol. The molecule has 0 aliphatic rings. The van der Waals surface area contributed by atoms with Crippen molar-refractivity contribution >= 4 is 35.2 Å². The van der Waals surface area contributed by atoms with Crippen LogP contribution in [-0.2, 0) is 20.9 Å². The van der Waals surface area contributed by atoms with Crippen molar-refractivity contribution in [2.75, 3.05) is 26.9 Å². The Labute approximate surface area is 174 Å². The van der Waals surface area contributed by atoms with Crippen LogP contribution in [0.4, 0.5) is 0 Å². The molecule has 7 heteroatoms. The summed E-state index contributed by atoms with van der Waals surface area (Å²) in [6.45, 7) is 3.19. The Kier molecular flexibility index (Phi) is 9.14. The molecule has 0 saturated heterocycles. The van der Waals surface area contributed by atoms with Crippen LogP contribution in [0.3, 0.4) is 0 Å². The summed E-state index contributed by atoms with van der Waals surface area (Å²) in [5.74, 6) is 0.749. The van der Waals surface area contributed by atoms with E-state index in [0.717, 1.165) is 5.56 Å². The van der Waals surface area contributed by atoms with Gasteiger partial charge in [0.1, 0.15) is 24.7 Å².